The summed E-state index contributed by atoms with van der Waals surface area (Å²) >= 11 is 0. The van der Waals surface area contributed by atoms with Gasteiger partial charge in [-0.05, 0) is 56.5 Å². The molecule has 0 saturated carbocycles. The SMILES string of the molecule is CCc1cccc(F)c1CN1CCC(C(=O)O)(c2cccc(C)c2)CC1. The number of rotatable bonds is 5. The van der Waals surface area contributed by atoms with Crippen molar-refractivity contribution < 1.29 is 14.3 Å². The van der Waals surface area contributed by atoms with Crippen LogP contribution >= 0.6 is 0 Å². The molecular formula is C22H26FNO2. The Hall–Kier alpha value is -2.20. The van der Waals surface area contributed by atoms with E-state index in [1.807, 2.05) is 44.2 Å². The van der Waals surface area contributed by atoms with Gasteiger partial charge in [0.1, 0.15) is 5.82 Å². The van der Waals surface area contributed by atoms with Gasteiger partial charge < -0.3 is 5.11 Å². The fourth-order valence-corrected chi connectivity index (χ4v) is 4.00. The van der Waals surface area contributed by atoms with E-state index in [9.17, 15) is 14.3 Å². The molecule has 3 nitrogen and oxygen atoms in total. The quantitative estimate of drug-likeness (QED) is 0.869. The van der Waals surface area contributed by atoms with E-state index in [0.717, 1.165) is 28.7 Å². The maximum atomic E-state index is 14.3. The highest BCUT2D eigenvalue weighted by molar-refractivity contribution is 5.81. The molecule has 0 unspecified atom stereocenters. The van der Waals surface area contributed by atoms with Crippen LogP contribution in [0.2, 0.25) is 0 Å². The number of hydrogen-bond donors (Lipinski definition) is 1. The minimum absolute atomic E-state index is 0.168. The van der Waals surface area contributed by atoms with Crippen LogP contribution in [-0.4, -0.2) is 29.1 Å². The van der Waals surface area contributed by atoms with Crippen molar-refractivity contribution in [2.75, 3.05) is 13.1 Å². The summed E-state index contributed by atoms with van der Waals surface area (Å²) in [4.78, 5) is 14.3. The molecule has 3 rings (SSSR count). The summed E-state index contributed by atoms with van der Waals surface area (Å²) in [5.41, 5.74) is 2.88. The van der Waals surface area contributed by atoms with Gasteiger partial charge in [0.2, 0.25) is 0 Å². The molecule has 0 radical (unpaired) electrons. The second-order valence-corrected chi connectivity index (χ2v) is 7.26. The average Bonchev–Trinajstić information content (AvgIpc) is 2.64. The third-order valence-corrected chi connectivity index (χ3v) is 5.67. The van der Waals surface area contributed by atoms with Gasteiger partial charge in [-0.2, -0.15) is 0 Å². The average molecular weight is 355 g/mol. The Kier molecular flexibility index (Phi) is 5.42. The smallest absolute Gasteiger partial charge is 0.314 e. The van der Waals surface area contributed by atoms with Gasteiger partial charge in [-0.3, -0.25) is 9.69 Å². The molecule has 1 N–H and O–H groups in total. The minimum atomic E-state index is -0.842. The fraction of sp³-hybridized carbons (Fsp3) is 0.409. The molecule has 1 fully saturated rings. The van der Waals surface area contributed by atoms with Crippen molar-refractivity contribution in [1.29, 1.82) is 0 Å². The number of aryl methyl sites for hydroxylation is 2. The lowest BCUT2D eigenvalue weighted by Gasteiger charge is -2.39. The number of piperidine rings is 1. The highest BCUT2D eigenvalue weighted by atomic mass is 19.1. The number of benzene rings is 2. The molecule has 0 spiro atoms. The minimum Gasteiger partial charge on any atom is -0.481 e. The van der Waals surface area contributed by atoms with Crippen LogP contribution in [0.1, 0.15) is 42.0 Å². The lowest BCUT2D eigenvalue weighted by atomic mass is 9.72. The Morgan fingerprint density at radius 1 is 1.19 bits per heavy atom. The molecule has 138 valence electrons. The van der Waals surface area contributed by atoms with Gasteiger partial charge >= 0.3 is 5.97 Å². The van der Waals surface area contributed by atoms with Crippen LogP contribution < -0.4 is 0 Å². The highest BCUT2D eigenvalue weighted by Gasteiger charge is 2.43. The zero-order valence-electron chi connectivity index (χ0n) is 15.5. The van der Waals surface area contributed by atoms with Gasteiger partial charge in [0, 0.05) is 12.1 Å². The zero-order valence-corrected chi connectivity index (χ0v) is 15.5. The second-order valence-electron chi connectivity index (χ2n) is 7.26. The summed E-state index contributed by atoms with van der Waals surface area (Å²) in [6.07, 6.45) is 1.88. The molecule has 26 heavy (non-hydrogen) atoms. The van der Waals surface area contributed by atoms with Crippen LogP contribution in [0.15, 0.2) is 42.5 Å². The summed E-state index contributed by atoms with van der Waals surface area (Å²) in [6.45, 7) is 5.86. The van der Waals surface area contributed by atoms with E-state index < -0.39 is 11.4 Å². The van der Waals surface area contributed by atoms with E-state index in [1.165, 1.54) is 6.07 Å². The Morgan fingerprint density at radius 2 is 1.88 bits per heavy atom. The first-order chi connectivity index (χ1) is 12.5. The van der Waals surface area contributed by atoms with E-state index in [-0.39, 0.29) is 5.82 Å². The normalized spacial score (nSPS) is 17.2. The predicted octanol–water partition coefficient (Wildman–Crippen LogP) is 4.31. The molecule has 2 aromatic carbocycles. The zero-order chi connectivity index (χ0) is 18.7. The molecule has 0 aliphatic carbocycles. The molecule has 1 heterocycles. The van der Waals surface area contributed by atoms with E-state index in [0.29, 0.717) is 32.5 Å². The van der Waals surface area contributed by atoms with Crippen LogP contribution in [0, 0.1) is 12.7 Å². The summed E-state index contributed by atoms with van der Waals surface area (Å²) in [5, 5.41) is 9.96. The highest BCUT2D eigenvalue weighted by Crippen LogP contribution is 2.37. The van der Waals surface area contributed by atoms with Gasteiger partial charge in [-0.1, -0.05) is 48.9 Å². The number of hydrogen-bond acceptors (Lipinski definition) is 2. The van der Waals surface area contributed by atoms with Crippen LogP contribution in [0.5, 0.6) is 0 Å². The summed E-state index contributed by atoms with van der Waals surface area (Å²) < 4.78 is 14.3. The number of halogens is 1. The molecule has 1 saturated heterocycles. The second kappa shape index (κ2) is 7.58. The Morgan fingerprint density at radius 3 is 2.50 bits per heavy atom. The largest absolute Gasteiger partial charge is 0.481 e. The van der Waals surface area contributed by atoms with Crippen molar-refractivity contribution in [1.82, 2.24) is 4.90 Å². The molecular weight excluding hydrogens is 329 g/mol. The van der Waals surface area contributed by atoms with Crippen molar-refractivity contribution in [2.45, 2.75) is 45.1 Å². The third kappa shape index (κ3) is 3.51. The summed E-state index contributed by atoms with van der Waals surface area (Å²) in [7, 11) is 0. The van der Waals surface area contributed by atoms with E-state index in [1.54, 1.807) is 6.07 Å². The first-order valence-electron chi connectivity index (χ1n) is 9.25. The number of aliphatic carboxylic acids is 1. The molecule has 0 atom stereocenters. The molecule has 2 aromatic rings. The van der Waals surface area contributed by atoms with Crippen LogP contribution in [0.4, 0.5) is 4.39 Å². The lowest BCUT2D eigenvalue weighted by Crippen LogP contribution is -2.47. The Balaban J connectivity index is 1.78. The standard InChI is InChI=1S/C22H26FNO2/c1-3-17-7-5-9-20(23)19(17)15-24-12-10-22(11-13-24,21(25)26)18-8-4-6-16(2)14-18/h4-9,14H,3,10-13,15H2,1-2H3,(H,25,26). The number of nitrogens with zero attached hydrogens (tertiary/aromatic N) is 1. The number of carbonyl (C=O) groups is 1. The number of carboxylic acids is 1. The first-order valence-corrected chi connectivity index (χ1v) is 9.25. The fourth-order valence-electron chi connectivity index (χ4n) is 4.00. The summed E-state index contributed by atoms with van der Waals surface area (Å²) in [6, 6.07) is 13.0. The number of carboxylic acid groups (broad SMARTS) is 1. The maximum Gasteiger partial charge on any atom is 0.314 e. The van der Waals surface area contributed by atoms with Gasteiger partial charge in [-0.25, -0.2) is 4.39 Å². The van der Waals surface area contributed by atoms with Gasteiger partial charge in [0.25, 0.3) is 0 Å². The molecule has 0 amide bonds. The predicted molar refractivity (Wildman–Crippen MR) is 101 cm³/mol. The van der Waals surface area contributed by atoms with Crippen molar-refractivity contribution >= 4 is 5.97 Å². The van der Waals surface area contributed by atoms with Crippen LogP contribution in [0.3, 0.4) is 0 Å². The van der Waals surface area contributed by atoms with Crippen LogP contribution in [-0.2, 0) is 23.2 Å². The first kappa shape index (κ1) is 18.6. The van der Waals surface area contributed by atoms with Crippen molar-refractivity contribution in [3.8, 4) is 0 Å². The van der Waals surface area contributed by atoms with Crippen LogP contribution in [0.25, 0.3) is 0 Å². The Bertz CT molecular complexity index is 794. The van der Waals surface area contributed by atoms with Crippen molar-refractivity contribution in [2.24, 2.45) is 0 Å². The van der Waals surface area contributed by atoms with E-state index >= 15 is 0 Å². The molecule has 1 aliphatic heterocycles. The molecule has 0 aromatic heterocycles. The van der Waals surface area contributed by atoms with Crippen molar-refractivity contribution in [3.05, 3.63) is 70.5 Å². The van der Waals surface area contributed by atoms with Gasteiger partial charge in [0.15, 0.2) is 0 Å². The Labute approximate surface area is 154 Å². The van der Waals surface area contributed by atoms with Gasteiger partial charge in [-0.15, -0.1) is 0 Å². The third-order valence-electron chi connectivity index (χ3n) is 5.67. The van der Waals surface area contributed by atoms with Crippen molar-refractivity contribution in [3.63, 3.8) is 0 Å². The van der Waals surface area contributed by atoms with E-state index in [4.69, 9.17) is 0 Å². The maximum absolute atomic E-state index is 14.3. The summed E-state index contributed by atoms with van der Waals surface area (Å²) in [5.74, 6) is -0.930. The van der Waals surface area contributed by atoms with E-state index in [2.05, 4.69) is 4.90 Å². The number of likely N-dealkylation sites (tertiary alicyclic amines) is 1. The molecule has 1 aliphatic rings. The monoisotopic (exact) mass is 355 g/mol. The molecule has 4 heteroatoms. The van der Waals surface area contributed by atoms with Gasteiger partial charge in [0.05, 0.1) is 5.41 Å². The lowest BCUT2D eigenvalue weighted by molar-refractivity contribution is -0.146. The molecule has 0 bridgehead atoms. The topological polar surface area (TPSA) is 40.5 Å².